The molecule has 2 aromatic heterocycles. The van der Waals surface area contributed by atoms with Gasteiger partial charge in [-0.25, -0.2) is 15.0 Å². The lowest BCUT2D eigenvalue weighted by Crippen LogP contribution is -2.36. The van der Waals surface area contributed by atoms with E-state index >= 15 is 0 Å². The van der Waals surface area contributed by atoms with Gasteiger partial charge in [0, 0.05) is 49.7 Å². The molecule has 0 spiro atoms. The Morgan fingerprint density at radius 2 is 2.12 bits per heavy atom. The molecule has 130 valence electrons. The standard InChI is InChI=1S/C19H29N5/c1-4-6-10-23-12-9-20-18(23)17-8-7-11-24(14-17)19-16(5-2)13-21-15(3)22-19/h9,12-13,17H,4-8,10-11,14H2,1-3H3/t17-/m1/s1. The van der Waals surface area contributed by atoms with E-state index in [0.29, 0.717) is 5.92 Å². The minimum Gasteiger partial charge on any atom is -0.356 e. The molecular formula is C19H29N5. The van der Waals surface area contributed by atoms with Crippen LogP contribution >= 0.6 is 0 Å². The minimum atomic E-state index is 0.491. The third-order valence-electron chi connectivity index (χ3n) is 4.93. The second-order valence-corrected chi connectivity index (χ2v) is 6.74. The Morgan fingerprint density at radius 3 is 2.92 bits per heavy atom. The van der Waals surface area contributed by atoms with Gasteiger partial charge >= 0.3 is 0 Å². The van der Waals surface area contributed by atoms with Gasteiger partial charge < -0.3 is 9.47 Å². The molecule has 5 heteroatoms. The Labute approximate surface area is 145 Å². The molecule has 1 saturated heterocycles. The van der Waals surface area contributed by atoms with E-state index in [9.17, 15) is 0 Å². The van der Waals surface area contributed by atoms with Crippen molar-refractivity contribution in [2.75, 3.05) is 18.0 Å². The molecule has 1 aliphatic rings. The van der Waals surface area contributed by atoms with Crippen LogP contribution in [0, 0.1) is 6.92 Å². The Bertz CT molecular complexity index is 664. The van der Waals surface area contributed by atoms with Crippen LogP contribution in [0.25, 0.3) is 0 Å². The topological polar surface area (TPSA) is 46.8 Å². The summed E-state index contributed by atoms with van der Waals surface area (Å²) in [5.41, 5.74) is 1.25. The van der Waals surface area contributed by atoms with Gasteiger partial charge in [0.25, 0.3) is 0 Å². The molecule has 0 unspecified atom stereocenters. The zero-order valence-corrected chi connectivity index (χ0v) is 15.2. The van der Waals surface area contributed by atoms with Crippen LogP contribution < -0.4 is 4.90 Å². The van der Waals surface area contributed by atoms with Crippen LogP contribution in [-0.4, -0.2) is 32.6 Å². The number of piperidine rings is 1. The number of aryl methyl sites for hydroxylation is 3. The van der Waals surface area contributed by atoms with Crippen molar-refractivity contribution in [1.29, 1.82) is 0 Å². The summed E-state index contributed by atoms with van der Waals surface area (Å²) in [5.74, 6) is 3.72. The summed E-state index contributed by atoms with van der Waals surface area (Å²) in [6, 6.07) is 0. The van der Waals surface area contributed by atoms with Crippen molar-refractivity contribution >= 4 is 5.82 Å². The number of anilines is 1. The molecular weight excluding hydrogens is 298 g/mol. The summed E-state index contributed by atoms with van der Waals surface area (Å²) >= 11 is 0. The molecule has 0 amide bonds. The lowest BCUT2D eigenvalue weighted by atomic mass is 9.96. The van der Waals surface area contributed by atoms with Gasteiger partial charge in [-0.15, -0.1) is 0 Å². The molecule has 0 aliphatic carbocycles. The van der Waals surface area contributed by atoms with E-state index in [0.717, 1.165) is 37.7 Å². The van der Waals surface area contributed by atoms with Crippen LogP contribution in [-0.2, 0) is 13.0 Å². The van der Waals surface area contributed by atoms with E-state index in [1.807, 2.05) is 19.3 Å². The van der Waals surface area contributed by atoms with Crippen molar-refractivity contribution in [2.45, 2.75) is 65.3 Å². The highest BCUT2D eigenvalue weighted by Gasteiger charge is 2.26. The Balaban J connectivity index is 1.80. The quantitative estimate of drug-likeness (QED) is 0.811. The highest BCUT2D eigenvalue weighted by atomic mass is 15.2. The van der Waals surface area contributed by atoms with Gasteiger partial charge in [0.2, 0.25) is 0 Å². The third-order valence-corrected chi connectivity index (χ3v) is 4.93. The number of hydrogen-bond donors (Lipinski definition) is 0. The van der Waals surface area contributed by atoms with Gasteiger partial charge in [0.15, 0.2) is 0 Å². The van der Waals surface area contributed by atoms with Crippen LogP contribution in [0.1, 0.15) is 62.7 Å². The van der Waals surface area contributed by atoms with Crippen molar-refractivity contribution < 1.29 is 0 Å². The maximum absolute atomic E-state index is 4.74. The first-order valence-corrected chi connectivity index (χ1v) is 9.31. The van der Waals surface area contributed by atoms with Gasteiger partial charge in [0.05, 0.1) is 0 Å². The molecule has 0 saturated carbocycles. The lowest BCUT2D eigenvalue weighted by Gasteiger charge is -2.34. The molecule has 2 aromatic rings. The number of imidazole rings is 1. The largest absolute Gasteiger partial charge is 0.356 e. The van der Waals surface area contributed by atoms with Gasteiger partial charge in [-0.05, 0) is 32.6 Å². The molecule has 1 aliphatic heterocycles. The average molecular weight is 327 g/mol. The fraction of sp³-hybridized carbons (Fsp3) is 0.632. The second kappa shape index (κ2) is 7.77. The SMILES string of the molecule is CCCCn1ccnc1[C@@H]1CCCN(c2nc(C)ncc2CC)C1. The Kier molecular flexibility index (Phi) is 5.48. The van der Waals surface area contributed by atoms with Crippen LogP contribution in [0.4, 0.5) is 5.82 Å². The van der Waals surface area contributed by atoms with E-state index in [2.05, 4.69) is 39.5 Å². The molecule has 3 heterocycles. The molecule has 0 bridgehead atoms. The molecule has 0 radical (unpaired) electrons. The summed E-state index contributed by atoms with van der Waals surface area (Å²) in [4.78, 5) is 16.2. The van der Waals surface area contributed by atoms with E-state index in [1.54, 1.807) is 0 Å². The molecule has 0 N–H and O–H groups in total. The zero-order chi connectivity index (χ0) is 16.9. The summed E-state index contributed by atoms with van der Waals surface area (Å²) < 4.78 is 2.35. The predicted molar refractivity (Wildman–Crippen MR) is 97.5 cm³/mol. The van der Waals surface area contributed by atoms with Crippen molar-refractivity contribution in [1.82, 2.24) is 19.5 Å². The maximum Gasteiger partial charge on any atom is 0.135 e. The van der Waals surface area contributed by atoms with Crippen LogP contribution in [0.5, 0.6) is 0 Å². The van der Waals surface area contributed by atoms with E-state index in [-0.39, 0.29) is 0 Å². The second-order valence-electron chi connectivity index (χ2n) is 6.74. The lowest BCUT2D eigenvalue weighted by molar-refractivity contribution is 0.463. The van der Waals surface area contributed by atoms with Crippen molar-refractivity contribution in [3.05, 3.63) is 35.8 Å². The smallest absolute Gasteiger partial charge is 0.135 e. The first-order chi connectivity index (χ1) is 11.7. The number of nitrogens with zero attached hydrogens (tertiary/aromatic N) is 5. The molecule has 1 fully saturated rings. The summed E-state index contributed by atoms with van der Waals surface area (Å²) in [6.07, 6.45) is 11.9. The third kappa shape index (κ3) is 3.60. The summed E-state index contributed by atoms with van der Waals surface area (Å²) in [5, 5.41) is 0. The fourth-order valence-corrected chi connectivity index (χ4v) is 3.58. The van der Waals surface area contributed by atoms with Crippen LogP contribution in [0.15, 0.2) is 18.6 Å². The Hall–Kier alpha value is -1.91. The molecule has 0 aromatic carbocycles. The highest BCUT2D eigenvalue weighted by Crippen LogP contribution is 2.30. The zero-order valence-electron chi connectivity index (χ0n) is 15.2. The molecule has 3 rings (SSSR count). The summed E-state index contributed by atoms with van der Waals surface area (Å²) in [7, 11) is 0. The summed E-state index contributed by atoms with van der Waals surface area (Å²) in [6.45, 7) is 9.55. The van der Waals surface area contributed by atoms with Crippen LogP contribution in [0.2, 0.25) is 0 Å². The number of rotatable bonds is 6. The molecule has 24 heavy (non-hydrogen) atoms. The van der Waals surface area contributed by atoms with Gasteiger partial charge in [-0.2, -0.15) is 0 Å². The van der Waals surface area contributed by atoms with Gasteiger partial charge in [0.1, 0.15) is 17.5 Å². The van der Waals surface area contributed by atoms with Crippen molar-refractivity contribution in [3.8, 4) is 0 Å². The van der Waals surface area contributed by atoms with Gasteiger partial charge in [-0.3, -0.25) is 0 Å². The van der Waals surface area contributed by atoms with E-state index in [1.165, 1.54) is 37.1 Å². The van der Waals surface area contributed by atoms with Crippen LogP contribution in [0.3, 0.4) is 0 Å². The fourth-order valence-electron chi connectivity index (χ4n) is 3.58. The van der Waals surface area contributed by atoms with E-state index < -0.39 is 0 Å². The predicted octanol–water partition coefficient (Wildman–Crippen LogP) is 3.73. The van der Waals surface area contributed by atoms with Crippen molar-refractivity contribution in [3.63, 3.8) is 0 Å². The highest BCUT2D eigenvalue weighted by molar-refractivity contribution is 5.47. The molecule has 5 nitrogen and oxygen atoms in total. The first kappa shape index (κ1) is 16.9. The van der Waals surface area contributed by atoms with Gasteiger partial charge in [-0.1, -0.05) is 20.3 Å². The Morgan fingerprint density at radius 1 is 1.25 bits per heavy atom. The maximum atomic E-state index is 4.74. The number of aromatic nitrogens is 4. The monoisotopic (exact) mass is 327 g/mol. The normalized spacial score (nSPS) is 18.1. The molecule has 1 atom stereocenters. The average Bonchev–Trinajstić information content (AvgIpc) is 3.08. The minimum absolute atomic E-state index is 0.491. The number of unbranched alkanes of at least 4 members (excludes halogenated alkanes) is 1. The van der Waals surface area contributed by atoms with Crippen molar-refractivity contribution in [2.24, 2.45) is 0 Å². The number of hydrogen-bond acceptors (Lipinski definition) is 4. The van der Waals surface area contributed by atoms with E-state index in [4.69, 9.17) is 4.98 Å². The first-order valence-electron chi connectivity index (χ1n) is 9.31.